The molecule has 5 rings (SSSR count). The number of pyridine rings is 1. The molecule has 2 aliphatic carbocycles. The molecule has 0 bridgehead atoms. The molecule has 3 heterocycles. The van der Waals surface area contributed by atoms with Gasteiger partial charge < -0.3 is 0 Å². The van der Waals surface area contributed by atoms with E-state index in [0.717, 1.165) is 22.8 Å². The minimum absolute atomic E-state index is 0.0117. The molecule has 0 saturated heterocycles. The molecule has 2 aliphatic heterocycles. The van der Waals surface area contributed by atoms with Crippen LogP contribution in [-0.4, -0.2) is 40.2 Å². The van der Waals surface area contributed by atoms with Crippen LogP contribution in [0.5, 0.6) is 0 Å². The lowest BCUT2D eigenvalue weighted by Crippen LogP contribution is -2.11. The van der Waals surface area contributed by atoms with Crippen LogP contribution >= 0.6 is 0 Å². The predicted octanol–water partition coefficient (Wildman–Crippen LogP) is 2.47. The van der Waals surface area contributed by atoms with Gasteiger partial charge in [-0.1, -0.05) is 42.5 Å². The van der Waals surface area contributed by atoms with Crippen molar-refractivity contribution in [1.82, 2.24) is 4.98 Å². The van der Waals surface area contributed by atoms with E-state index < -0.39 is 0 Å². The topological polar surface area (TPSA) is 62.3 Å². The molecule has 0 saturated carbocycles. The van der Waals surface area contributed by atoms with Gasteiger partial charge in [-0.3, -0.25) is 9.98 Å². The van der Waals surface area contributed by atoms with Crippen LogP contribution < -0.4 is 0 Å². The van der Waals surface area contributed by atoms with Crippen molar-refractivity contribution < 1.29 is 0 Å². The number of fused-ring (bicyclic) bond motifs is 2. The Morgan fingerprint density at radius 2 is 1.21 bits per heavy atom. The van der Waals surface area contributed by atoms with E-state index in [2.05, 4.69) is 25.0 Å². The van der Waals surface area contributed by atoms with E-state index in [1.54, 1.807) is 0 Å². The molecule has 0 N–H and O–H groups in total. The standard InChI is InChI=1S/C19H13N5/c1-2-7-13-12(6-1)21-18(22-13)16-10-5-11-17(20-16)19-23-14-8-3-4-9-15(14)24-19/h1-12,14H. The van der Waals surface area contributed by atoms with E-state index in [0.29, 0.717) is 11.7 Å². The zero-order valence-corrected chi connectivity index (χ0v) is 12.7. The van der Waals surface area contributed by atoms with Crippen molar-refractivity contribution in [3.63, 3.8) is 0 Å². The Bertz CT molecular complexity index is 894. The summed E-state index contributed by atoms with van der Waals surface area (Å²) in [7, 11) is 0. The minimum atomic E-state index is 0.0117. The van der Waals surface area contributed by atoms with Gasteiger partial charge in [-0.15, -0.1) is 0 Å². The molecular formula is C19H13N5. The summed E-state index contributed by atoms with van der Waals surface area (Å²) in [5.41, 5.74) is 3.42. The highest BCUT2D eigenvalue weighted by Gasteiger charge is 2.24. The summed E-state index contributed by atoms with van der Waals surface area (Å²) < 4.78 is 0. The summed E-state index contributed by atoms with van der Waals surface area (Å²) >= 11 is 0. The summed E-state index contributed by atoms with van der Waals surface area (Å²) in [6, 6.07) is 5.82. The van der Waals surface area contributed by atoms with Crippen molar-refractivity contribution in [2.45, 2.75) is 12.1 Å². The molecule has 2 unspecified atom stereocenters. The molecule has 0 spiro atoms. The van der Waals surface area contributed by atoms with Crippen molar-refractivity contribution in [2.75, 3.05) is 0 Å². The Morgan fingerprint density at radius 3 is 1.71 bits per heavy atom. The maximum absolute atomic E-state index is 4.68. The van der Waals surface area contributed by atoms with Gasteiger partial charge in [-0.25, -0.2) is 15.0 Å². The van der Waals surface area contributed by atoms with Crippen LogP contribution in [0.1, 0.15) is 11.4 Å². The molecular weight excluding hydrogens is 298 g/mol. The van der Waals surface area contributed by atoms with Gasteiger partial charge in [-0.2, -0.15) is 0 Å². The van der Waals surface area contributed by atoms with Crippen LogP contribution in [0.3, 0.4) is 0 Å². The van der Waals surface area contributed by atoms with Crippen LogP contribution in [0.15, 0.2) is 86.8 Å². The van der Waals surface area contributed by atoms with E-state index in [1.165, 1.54) is 0 Å². The van der Waals surface area contributed by atoms with Crippen molar-refractivity contribution in [3.8, 4) is 0 Å². The second kappa shape index (κ2) is 5.16. The maximum atomic E-state index is 4.68. The second-order valence-electron chi connectivity index (χ2n) is 5.76. The largest absolute Gasteiger partial charge is 0.251 e. The van der Waals surface area contributed by atoms with Gasteiger partial charge in [0.25, 0.3) is 0 Å². The minimum Gasteiger partial charge on any atom is -0.251 e. The lowest BCUT2D eigenvalue weighted by atomic mass is 10.1. The molecule has 5 nitrogen and oxygen atoms in total. The molecule has 1 aromatic rings. The van der Waals surface area contributed by atoms with E-state index in [-0.39, 0.29) is 12.1 Å². The summed E-state index contributed by atoms with van der Waals surface area (Å²) in [6.07, 6.45) is 16.0. The number of allylic oxidation sites excluding steroid dienone is 4. The number of rotatable bonds is 2. The fourth-order valence-corrected chi connectivity index (χ4v) is 2.96. The molecule has 1 aromatic heterocycles. The third-order valence-electron chi connectivity index (χ3n) is 4.15. The molecule has 0 fully saturated rings. The SMILES string of the molecule is C1=CC2=NC(c3cccc(C4=NC5C=CC=CC5=N4)n3)=NC2C=C1. The monoisotopic (exact) mass is 311 g/mol. The summed E-state index contributed by atoms with van der Waals surface area (Å²) in [6.45, 7) is 0. The quantitative estimate of drug-likeness (QED) is 0.827. The highest BCUT2D eigenvalue weighted by atomic mass is 15.1. The van der Waals surface area contributed by atoms with Gasteiger partial charge >= 0.3 is 0 Å². The van der Waals surface area contributed by atoms with Crippen molar-refractivity contribution in [1.29, 1.82) is 0 Å². The van der Waals surface area contributed by atoms with E-state index in [4.69, 9.17) is 0 Å². The van der Waals surface area contributed by atoms with Crippen LogP contribution in [0.4, 0.5) is 0 Å². The molecule has 0 radical (unpaired) electrons. The Hall–Kier alpha value is -3.21. The highest BCUT2D eigenvalue weighted by Crippen LogP contribution is 2.19. The van der Waals surface area contributed by atoms with Gasteiger partial charge in [0.15, 0.2) is 11.7 Å². The lowest BCUT2D eigenvalue weighted by molar-refractivity contribution is 1.10. The van der Waals surface area contributed by atoms with Crippen LogP contribution in [0.25, 0.3) is 0 Å². The first-order valence-electron chi connectivity index (χ1n) is 7.87. The Kier molecular flexibility index (Phi) is 2.85. The summed E-state index contributed by atoms with van der Waals surface area (Å²) in [5.74, 6) is 1.33. The van der Waals surface area contributed by atoms with E-state index >= 15 is 0 Å². The van der Waals surface area contributed by atoms with Gasteiger partial charge in [0, 0.05) is 0 Å². The molecule has 0 amide bonds. The van der Waals surface area contributed by atoms with Gasteiger partial charge in [-0.05, 0) is 24.3 Å². The van der Waals surface area contributed by atoms with Crippen molar-refractivity contribution in [2.24, 2.45) is 20.0 Å². The number of hydrogen-bond acceptors (Lipinski definition) is 5. The normalized spacial score (nSPS) is 25.8. The van der Waals surface area contributed by atoms with Crippen LogP contribution in [-0.2, 0) is 0 Å². The third-order valence-corrected chi connectivity index (χ3v) is 4.15. The fourth-order valence-electron chi connectivity index (χ4n) is 2.96. The lowest BCUT2D eigenvalue weighted by Gasteiger charge is -2.03. The summed E-state index contributed by atoms with van der Waals surface area (Å²) in [4.78, 5) is 23.1. The van der Waals surface area contributed by atoms with Crippen molar-refractivity contribution >= 4 is 23.1 Å². The average molecular weight is 311 g/mol. The van der Waals surface area contributed by atoms with E-state index in [9.17, 15) is 0 Å². The van der Waals surface area contributed by atoms with Crippen LogP contribution in [0, 0.1) is 0 Å². The first-order valence-corrected chi connectivity index (χ1v) is 7.87. The van der Waals surface area contributed by atoms with Crippen LogP contribution in [0.2, 0.25) is 0 Å². The first kappa shape index (κ1) is 13.2. The van der Waals surface area contributed by atoms with Gasteiger partial charge in [0.2, 0.25) is 0 Å². The Labute approximate surface area is 139 Å². The Balaban J connectivity index is 1.50. The smallest absolute Gasteiger partial charge is 0.174 e. The van der Waals surface area contributed by atoms with E-state index in [1.807, 2.05) is 66.8 Å². The zero-order chi connectivity index (χ0) is 15.9. The van der Waals surface area contributed by atoms with Gasteiger partial charge in [0.1, 0.15) is 23.5 Å². The molecule has 114 valence electrons. The number of amidine groups is 2. The fraction of sp³-hybridized carbons (Fsp3) is 0.105. The Morgan fingerprint density at radius 1 is 0.667 bits per heavy atom. The summed E-state index contributed by atoms with van der Waals surface area (Å²) in [5, 5.41) is 0. The molecule has 4 aliphatic rings. The molecule has 24 heavy (non-hydrogen) atoms. The third kappa shape index (κ3) is 2.13. The first-order chi connectivity index (χ1) is 11.9. The second-order valence-corrected chi connectivity index (χ2v) is 5.76. The average Bonchev–Trinajstić information content (AvgIpc) is 3.26. The molecule has 0 aromatic carbocycles. The maximum Gasteiger partial charge on any atom is 0.174 e. The van der Waals surface area contributed by atoms with Crippen molar-refractivity contribution in [3.05, 3.63) is 78.2 Å². The predicted molar refractivity (Wildman–Crippen MR) is 96.3 cm³/mol. The van der Waals surface area contributed by atoms with Gasteiger partial charge in [0.05, 0.1) is 11.4 Å². The molecule has 5 heteroatoms. The zero-order valence-electron chi connectivity index (χ0n) is 12.7. The number of nitrogens with zero attached hydrogens (tertiary/aromatic N) is 5. The number of aliphatic imine (C=N–C) groups is 4. The highest BCUT2D eigenvalue weighted by molar-refractivity contribution is 6.19. The molecule has 2 atom stereocenters. The number of hydrogen-bond donors (Lipinski definition) is 0. The number of aromatic nitrogens is 1.